The van der Waals surface area contributed by atoms with E-state index < -0.39 is 6.09 Å². The Kier molecular flexibility index (Phi) is 3.09. The molecule has 0 radical (unpaired) electrons. The number of nitrogens with one attached hydrogen (secondary N) is 2. The van der Waals surface area contributed by atoms with Gasteiger partial charge in [-0.15, -0.1) is 0 Å². The van der Waals surface area contributed by atoms with Crippen molar-refractivity contribution in [2.75, 3.05) is 5.32 Å². The zero-order valence-electron chi connectivity index (χ0n) is 11.1. The van der Waals surface area contributed by atoms with Gasteiger partial charge < -0.3 is 15.7 Å². The minimum absolute atomic E-state index is 0.111. The fourth-order valence-electron chi connectivity index (χ4n) is 3.39. The molecule has 2 aliphatic rings. The number of carbonyl (C=O) groups is 1. The molecule has 4 heteroatoms. The van der Waals surface area contributed by atoms with Crippen molar-refractivity contribution in [3.63, 3.8) is 0 Å². The largest absolute Gasteiger partial charge is 0.465 e. The van der Waals surface area contributed by atoms with Gasteiger partial charge in [-0.3, -0.25) is 0 Å². The average Bonchev–Trinajstić information content (AvgIpc) is 2.32. The van der Waals surface area contributed by atoms with Gasteiger partial charge in [0.2, 0.25) is 0 Å². The summed E-state index contributed by atoms with van der Waals surface area (Å²) in [7, 11) is 0. The van der Waals surface area contributed by atoms with Crippen LogP contribution in [-0.2, 0) is 0 Å². The lowest BCUT2D eigenvalue weighted by Crippen LogP contribution is -2.48. The quantitative estimate of drug-likeness (QED) is 0.765. The maximum Gasteiger partial charge on any atom is 0.405 e. The van der Waals surface area contributed by atoms with E-state index in [1.54, 1.807) is 0 Å². The first-order chi connectivity index (χ1) is 9.16. The van der Waals surface area contributed by atoms with E-state index in [2.05, 4.69) is 17.6 Å². The second-order valence-electron chi connectivity index (χ2n) is 5.73. The van der Waals surface area contributed by atoms with E-state index in [0.717, 1.165) is 11.3 Å². The smallest absolute Gasteiger partial charge is 0.405 e. The molecule has 1 aliphatic heterocycles. The van der Waals surface area contributed by atoms with E-state index >= 15 is 0 Å². The molecule has 1 aromatic rings. The van der Waals surface area contributed by atoms with E-state index in [0.29, 0.717) is 12.0 Å². The van der Waals surface area contributed by atoms with Gasteiger partial charge in [0.05, 0.1) is 6.04 Å². The Hall–Kier alpha value is -1.71. The van der Waals surface area contributed by atoms with Crippen LogP contribution in [0.3, 0.4) is 0 Å². The number of para-hydroxylation sites is 1. The van der Waals surface area contributed by atoms with E-state index in [-0.39, 0.29) is 12.0 Å². The van der Waals surface area contributed by atoms with Crippen LogP contribution in [0.15, 0.2) is 24.3 Å². The normalized spacial score (nSPS) is 29.8. The third-order valence-electron chi connectivity index (χ3n) is 4.65. The van der Waals surface area contributed by atoms with Crippen molar-refractivity contribution in [2.45, 2.75) is 38.3 Å². The first-order valence-electron chi connectivity index (χ1n) is 7.01. The molecule has 0 spiro atoms. The molecule has 1 aromatic carbocycles. The Balaban J connectivity index is 1.93. The maximum atomic E-state index is 11.1. The van der Waals surface area contributed by atoms with Crippen molar-refractivity contribution in [3.05, 3.63) is 29.8 Å². The van der Waals surface area contributed by atoms with Gasteiger partial charge in [-0.2, -0.15) is 0 Å². The van der Waals surface area contributed by atoms with Crippen LogP contribution in [0.1, 0.15) is 37.8 Å². The van der Waals surface area contributed by atoms with Crippen LogP contribution in [0.25, 0.3) is 0 Å². The summed E-state index contributed by atoms with van der Waals surface area (Å²) in [6.07, 6.45) is 2.86. The maximum absolute atomic E-state index is 11.1. The summed E-state index contributed by atoms with van der Waals surface area (Å²) in [6.45, 7) is 2.15. The highest BCUT2D eigenvalue weighted by Crippen LogP contribution is 2.43. The van der Waals surface area contributed by atoms with E-state index in [1.165, 1.54) is 19.3 Å². The molecule has 19 heavy (non-hydrogen) atoms. The number of hydrogen-bond acceptors (Lipinski definition) is 2. The molecule has 102 valence electrons. The minimum atomic E-state index is -0.944. The molecule has 0 saturated heterocycles. The zero-order valence-corrected chi connectivity index (χ0v) is 11.1. The molecule has 3 atom stereocenters. The Morgan fingerprint density at radius 1 is 1.37 bits per heavy atom. The molecule has 0 unspecified atom stereocenters. The van der Waals surface area contributed by atoms with Crippen molar-refractivity contribution in [1.29, 1.82) is 0 Å². The summed E-state index contributed by atoms with van der Waals surface area (Å²) in [5, 5.41) is 15.4. The summed E-state index contributed by atoms with van der Waals surface area (Å²) < 4.78 is 0. The second-order valence-corrected chi connectivity index (χ2v) is 5.73. The third kappa shape index (κ3) is 2.15. The molecule has 0 bridgehead atoms. The fourth-order valence-corrected chi connectivity index (χ4v) is 3.39. The van der Waals surface area contributed by atoms with Crippen LogP contribution in [0.2, 0.25) is 0 Å². The molecule has 1 fully saturated rings. The lowest BCUT2D eigenvalue weighted by molar-refractivity contribution is 0.167. The topological polar surface area (TPSA) is 61.4 Å². The number of anilines is 1. The van der Waals surface area contributed by atoms with Gasteiger partial charge in [0.15, 0.2) is 0 Å². The predicted molar refractivity (Wildman–Crippen MR) is 74.3 cm³/mol. The minimum Gasteiger partial charge on any atom is -0.465 e. The van der Waals surface area contributed by atoms with Gasteiger partial charge in [-0.25, -0.2) is 4.79 Å². The molecular formula is C15H20N2O2. The highest BCUT2D eigenvalue weighted by molar-refractivity contribution is 5.67. The third-order valence-corrected chi connectivity index (χ3v) is 4.65. The van der Waals surface area contributed by atoms with E-state index in [4.69, 9.17) is 5.11 Å². The number of benzene rings is 1. The standard InChI is InChI=1S/C15H20N2O2/c1-9-13(10-5-4-6-10)16-12-8-3-2-7-11(12)14(9)17-15(18)19/h2-3,7-10,13-14,16-17H,4-6H2,1H3,(H,18,19)/t9-,13+,14+/m0/s1. The Labute approximate surface area is 113 Å². The van der Waals surface area contributed by atoms with Crippen molar-refractivity contribution in [2.24, 2.45) is 11.8 Å². The van der Waals surface area contributed by atoms with Crippen molar-refractivity contribution >= 4 is 11.8 Å². The summed E-state index contributed by atoms with van der Waals surface area (Å²) >= 11 is 0. The van der Waals surface area contributed by atoms with Gasteiger partial charge in [-0.05, 0) is 30.4 Å². The highest BCUT2D eigenvalue weighted by atomic mass is 16.4. The van der Waals surface area contributed by atoms with Gasteiger partial charge in [0.25, 0.3) is 0 Å². The Bertz CT molecular complexity index is 485. The first kappa shape index (κ1) is 12.3. The summed E-state index contributed by atoms with van der Waals surface area (Å²) in [5.74, 6) is 0.956. The molecule has 1 aliphatic carbocycles. The molecule has 1 saturated carbocycles. The summed E-state index contributed by atoms with van der Waals surface area (Å²) in [6, 6.07) is 8.28. The number of rotatable bonds is 2. The molecule has 1 amide bonds. The number of carboxylic acid groups (broad SMARTS) is 1. The van der Waals surface area contributed by atoms with Crippen LogP contribution in [0, 0.1) is 11.8 Å². The Morgan fingerprint density at radius 3 is 2.74 bits per heavy atom. The predicted octanol–water partition coefficient (Wildman–Crippen LogP) is 3.23. The van der Waals surface area contributed by atoms with Gasteiger partial charge in [0, 0.05) is 17.6 Å². The van der Waals surface area contributed by atoms with Crippen LogP contribution >= 0.6 is 0 Å². The molecule has 1 heterocycles. The molecular weight excluding hydrogens is 240 g/mol. The first-order valence-corrected chi connectivity index (χ1v) is 7.01. The second kappa shape index (κ2) is 4.76. The monoisotopic (exact) mass is 260 g/mol. The molecule has 3 N–H and O–H groups in total. The van der Waals surface area contributed by atoms with Crippen LogP contribution < -0.4 is 10.6 Å². The number of hydrogen-bond donors (Lipinski definition) is 3. The van der Waals surface area contributed by atoms with Crippen molar-refractivity contribution in [1.82, 2.24) is 5.32 Å². The summed E-state index contributed by atoms with van der Waals surface area (Å²) in [4.78, 5) is 11.1. The average molecular weight is 260 g/mol. The van der Waals surface area contributed by atoms with Crippen molar-refractivity contribution < 1.29 is 9.90 Å². The van der Waals surface area contributed by atoms with Crippen LogP contribution in [0.5, 0.6) is 0 Å². The van der Waals surface area contributed by atoms with Crippen LogP contribution in [0.4, 0.5) is 10.5 Å². The summed E-state index contributed by atoms with van der Waals surface area (Å²) in [5.41, 5.74) is 2.14. The Morgan fingerprint density at radius 2 is 2.11 bits per heavy atom. The molecule has 3 rings (SSSR count). The highest BCUT2D eigenvalue weighted by Gasteiger charge is 2.40. The number of amides is 1. The number of fused-ring (bicyclic) bond motifs is 1. The lowest BCUT2D eigenvalue weighted by Gasteiger charge is -2.45. The van der Waals surface area contributed by atoms with Gasteiger partial charge >= 0.3 is 6.09 Å². The molecule has 4 nitrogen and oxygen atoms in total. The van der Waals surface area contributed by atoms with Gasteiger partial charge in [-0.1, -0.05) is 31.5 Å². The lowest BCUT2D eigenvalue weighted by atomic mass is 9.70. The zero-order chi connectivity index (χ0) is 13.4. The van der Waals surface area contributed by atoms with Gasteiger partial charge in [0.1, 0.15) is 0 Å². The van der Waals surface area contributed by atoms with E-state index in [9.17, 15) is 4.79 Å². The van der Waals surface area contributed by atoms with E-state index in [1.807, 2.05) is 24.3 Å². The SMILES string of the molecule is C[C@@H]1[C@@H](NC(=O)O)c2ccccc2N[C@H]1C1CCC1. The van der Waals surface area contributed by atoms with Crippen LogP contribution in [-0.4, -0.2) is 17.2 Å². The fraction of sp³-hybridized carbons (Fsp3) is 0.533. The van der Waals surface area contributed by atoms with Crippen molar-refractivity contribution in [3.8, 4) is 0 Å². The molecule has 0 aromatic heterocycles.